The van der Waals surface area contributed by atoms with E-state index in [0.29, 0.717) is 50.1 Å². The number of aromatic nitrogens is 3. The Morgan fingerprint density at radius 1 is 0.425 bits per heavy atom. The Morgan fingerprint density at radius 3 is 1.03 bits per heavy atom. The van der Waals surface area contributed by atoms with Crippen LogP contribution >= 0.6 is 0 Å². The normalized spacial score (nSPS) is 12.5. The van der Waals surface area contributed by atoms with Crippen LogP contribution in [0.1, 0.15) is 34.4 Å². The van der Waals surface area contributed by atoms with Crippen LogP contribution in [0.15, 0.2) is 183 Å². The first-order chi connectivity index (χ1) is 35.6. The maximum atomic E-state index is 13.6. The minimum atomic E-state index is -1.59. The van der Waals surface area contributed by atoms with Crippen molar-refractivity contribution in [3.05, 3.63) is 199 Å². The Morgan fingerprint density at radius 2 is 0.726 bits per heavy atom. The van der Waals surface area contributed by atoms with Crippen LogP contribution in [0.5, 0.6) is 0 Å². The summed E-state index contributed by atoms with van der Waals surface area (Å²) in [5.74, 6) is -3.07. The van der Waals surface area contributed by atoms with E-state index >= 15 is 0 Å². The van der Waals surface area contributed by atoms with E-state index in [2.05, 4.69) is 30.9 Å². The van der Waals surface area contributed by atoms with E-state index in [4.69, 9.17) is 26.3 Å². The first kappa shape index (κ1) is 49.8. The molecule has 16 nitrogen and oxygen atoms in total. The molecular weight excluding hydrogens is 919 g/mol. The molecule has 0 bridgehead atoms. The van der Waals surface area contributed by atoms with Crippen LogP contribution in [0.4, 0.5) is 17.1 Å². The topological polar surface area (TPSA) is 263 Å². The maximum Gasteiger partial charge on any atom is 0.477 e. The highest BCUT2D eigenvalue weighted by Crippen LogP contribution is 2.25. The van der Waals surface area contributed by atoms with Gasteiger partial charge in [-0.1, -0.05) is 91.0 Å². The summed E-state index contributed by atoms with van der Waals surface area (Å²) in [6.07, 6.45) is 10.3. The fourth-order valence-electron chi connectivity index (χ4n) is 8.61. The lowest BCUT2D eigenvalue weighted by Crippen LogP contribution is -2.51. The third-order valence-corrected chi connectivity index (χ3v) is 12.7. The molecule has 0 aliphatic carbocycles. The molecule has 19 heteroatoms. The Kier molecular flexibility index (Phi) is 15.7. The molecule has 9 aromatic rings. The van der Waals surface area contributed by atoms with Crippen LogP contribution in [0.3, 0.4) is 0 Å². The second-order valence-electron chi connectivity index (χ2n) is 17.5. The zero-order chi connectivity index (χ0) is 50.8. The molecular formula is C54H50B3N9O7. The molecule has 0 saturated heterocycles. The first-order valence-corrected chi connectivity index (χ1v) is 23.6. The van der Waals surface area contributed by atoms with Gasteiger partial charge in [-0.25, -0.2) is 0 Å². The lowest BCUT2D eigenvalue weighted by molar-refractivity contribution is -0.118. The molecule has 0 radical (unpaired) electrons. The van der Waals surface area contributed by atoms with Gasteiger partial charge in [-0.15, -0.1) is 0 Å². The Labute approximate surface area is 421 Å². The number of anilines is 3. The van der Waals surface area contributed by atoms with Crippen molar-refractivity contribution in [3.63, 3.8) is 0 Å². The van der Waals surface area contributed by atoms with Gasteiger partial charge in [-0.2, -0.15) is 0 Å². The monoisotopic (exact) mass is 969 g/mol. The molecule has 3 atom stereocenters. The number of pyridine rings is 3. The van der Waals surface area contributed by atoms with Crippen LogP contribution in [0, 0.1) is 0 Å². The molecule has 3 heterocycles. The number of benzene rings is 6. The average molecular weight is 969 g/mol. The van der Waals surface area contributed by atoms with Crippen molar-refractivity contribution in [1.82, 2.24) is 15.0 Å². The van der Waals surface area contributed by atoms with Gasteiger partial charge in [-0.3, -0.25) is 29.3 Å². The SMILES string of the molecule is NCC(C(=O)Nc1ccc2cnccc2c1)c1ccc(B(O)OB(OB(O)c2ccc(C(CN)C(=O)Nc3ccc4cnccc4c3)cc2)c2ccc(C(CN)C(=O)Nc3ccc4cnccc4c3)cc2)cc1. The predicted octanol–water partition coefficient (Wildman–Crippen LogP) is 3.88. The van der Waals surface area contributed by atoms with E-state index in [1.54, 1.807) is 128 Å². The minimum absolute atomic E-state index is 0.00455. The third-order valence-electron chi connectivity index (χ3n) is 12.7. The molecule has 0 aliphatic rings. The van der Waals surface area contributed by atoms with E-state index in [0.717, 1.165) is 32.3 Å². The number of rotatable bonds is 19. The zero-order valence-corrected chi connectivity index (χ0v) is 39.4. The van der Waals surface area contributed by atoms with Crippen molar-refractivity contribution in [2.24, 2.45) is 17.2 Å². The van der Waals surface area contributed by atoms with Gasteiger partial charge < -0.3 is 52.3 Å². The summed E-state index contributed by atoms with van der Waals surface area (Å²) in [5.41, 5.74) is 23.1. The minimum Gasteiger partial charge on any atom is -0.444 e. The standard InChI is InChI=1S/C54H50B3N9O7/c58-28-49(52(67)64-46-16-7-40-31-61-22-19-37(40)25-46)34-1-10-43(11-2-34)55(70)72-57(45-14-5-36(6-15-45)51(30-60)54(69)66-48-18-9-42-33-63-24-21-39(42)27-48)73-56(71)44-12-3-35(4-13-44)50(29-59)53(68)65-47-17-8-41-32-62-23-20-38(41)26-47/h1-27,31-33,49-51,70-71H,28-30,58-60H2,(H,64,67)(H,65,68)(H,66,69). The zero-order valence-electron chi connectivity index (χ0n) is 39.4. The van der Waals surface area contributed by atoms with Crippen molar-refractivity contribution in [3.8, 4) is 0 Å². The largest absolute Gasteiger partial charge is 0.477 e. The van der Waals surface area contributed by atoms with E-state index in [1.165, 1.54) is 0 Å². The second-order valence-corrected chi connectivity index (χ2v) is 17.5. The van der Waals surface area contributed by atoms with Crippen LogP contribution in [0.2, 0.25) is 0 Å². The molecule has 362 valence electrons. The van der Waals surface area contributed by atoms with E-state index in [1.807, 2.05) is 54.6 Å². The van der Waals surface area contributed by atoms with Gasteiger partial charge in [0.2, 0.25) is 17.7 Å². The van der Waals surface area contributed by atoms with E-state index in [9.17, 15) is 24.4 Å². The Balaban J connectivity index is 0.917. The van der Waals surface area contributed by atoms with Gasteiger partial charge in [0.25, 0.3) is 0 Å². The van der Waals surface area contributed by atoms with Crippen LogP contribution in [-0.4, -0.2) is 83.7 Å². The Bertz CT molecular complexity index is 3240. The molecule has 3 amide bonds. The number of fused-ring (bicyclic) bond motifs is 3. The fourth-order valence-corrected chi connectivity index (χ4v) is 8.61. The quantitative estimate of drug-likeness (QED) is 0.0536. The molecule has 0 spiro atoms. The van der Waals surface area contributed by atoms with E-state index in [-0.39, 0.29) is 37.4 Å². The van der Waals surface area contributed by atoms with Gasteiger partial charge in [0.1, 0.15) is 0 Å². The molecule has 3 aromatic heterocycles. The molecule has 3 unspecified atom stereocenters. The summed E-state index contributed by atoms with van der Waals surface area (Å²) in [5, 5.41) is 37.6. The predicted molar refractivity (Wildman–Crippen MR) is 289 cm³/mol. The molecule has 0 aliphatic heterocycles. The molecule has 0 fully saturated rings. The number of nitrogens with one attached hydrogen (secondary N) is 3. The molecule has 11 N–H and O–H groups in total. The maximum absolute atomic E-state index is 13.6. The summed E-state index contributed by atoms with van der Waals surface area (Å²) in [7, 11) is -4.56. The molecule has 73 heavy (non-hydrogen) atoms. The van der Waals surface area contributed by atoms with Crippen molar-refractivity contribution in [2.45, 2.75) is 17.8 Å². The van der Waals surface area contributed by atoms with Crippen molar-refractivity contribution < 1.29 is 33.6 Å². The summed E-state index contributed by atoms with van der Waals surface area (Å²) >= 11 is 0. The van der Waals surface area contributed by atoms with Gasteiger partial charge >= 0.3 is 21.4 Å². The van der Waals surface area contributed by atoms with Gasteiger partial charge in [0, 0.05) is 90.0 Å². The number of nitrogens with zero attached hydrogens (tertiary/aromatic N) is 3. The van der Waals surface area contributed by atoms with Gasteiger partial charge in [-0.05, 0) is 104 Å². The fraction of sp³-hybridized carbons (Fsp3) is 0.111. The average Bonchev–Trinajstić information content (AvgIpc) is 3.41. The van der Waals surface area contributed by atoms with Crippen LogP contribution in [0.25, 0.3) is 32.3 Å². The second kappa shape index (κ2) is 23.0. The highest BCUT2D eigenvalue weighted by atomic mass is 16.6. The van der Waals surface area contributed by atoms with Crippen LogP contribution < -0.4 is 49.5 Å². The lowest BCUT2D eigenvalue weighted by atomic mass is 9.67. The lowest BCUT2D eigenvalue weighted by Gasteiger charge is -2.22. The summed E-state index contributed by atoms with van der Waals surface area (Å²) in [4.78, 5) is 53.0. The van der Waals surface area contributed by atoms with Gasteiger partial charge in [0.15, 0.2) is 0 Å². The van der Waals surface area contributed by atoms with Crippen molar-refractivity contribution in [1.29, 1.82) is 0 Å². The number of amides is 3. The molecule has 9 rings (SSSR count). The summed E-state index contributed by atoms with van der Waals surface area (Å²) in [6.45, 7) is 0.0406. The van der Waals surface area contributed by atoms with Crippen molar-refractivity contribution in [2.75, 3.05) is 35.6 Å². The highest BCUT2D eigenvalue weighted by molar-refractivity contribution is 6.79. The summed E-state index contributed by atoms with van der Waals surface area (Å²) in [6, 6.07) is 42.2. The summed E-state index contributed by atoms with van der Waals surface area (Å²) < 4.78 is 12.3. The Hall–Kier alpha value is -8.13. The number of carbonyl (C=O) groups excluding carboxylic acids is 3. The highest BCUT2D eigenvalue weighted by Gasteiger charge is 2.34. The number of hydrogen-bond donors (Lipinski definition) is 8. The number of nitrogens with two attached hydrogens (primary N) is 3. The van der Waals surface area contributed by atoms with Crippen LogP contribution in [-0.2, 0) is 23.5 Å². The third kappa shape index (κ3) is 11.8. The van der Waals surface area contributed by atoms with Gasteiger partial charge in [0.05, 0.1) is 17.8 Å². The smallest absolute Gasteiger partial charge is 0.444 e. The molecule has 6 aromatic carbocycles. The first-order valence-electron chi connectivity index (χ1n) is 23.6. The number of carbonyl (C=O) groups is 3. The van der Waals surface area contributed by atoms with Crippen molar-refractivity contribution >= 4 is 105 Å². The number of hydrogen-bond acceptors (Lipinski definition) is 13. The molecule has 0 saturated carbocycles. The van der Waals surface area contributed by atoms with E-state index < -0.39 is 39.1 Å².